The summed E-state index contributed by atoms with van der Waals surface area (Å²) in [5.74, 6) is -3.38. The zero-order valence-electron chi connectivity index (χ0n) is 21.1. The highest BCUT2D eigenvalue weighted by atomic mass is 16.4. The van der Waals surface area contributed by atoms with Gasteiger partial charge in [0, 0.05) is 19.4 Å². The molecule has 0 saturated heterocycles. The number of carboxylic acids is 3. The van der Waals surface area contributed by atoms with E-state index in [0.717, 1.165) is 19.3 Å². The first-order valence-electron chi connectivity index (χ1n) is 12.0. The van der Waals surface area contributed by atoms with Crippen LogP contribution in [0.25, 0.3) is 0 Å². The van der Waals surface area contributed by atoms with Crippen molar-refractivity contribution in [2.45, 2.75) is 103 Å². The summed E-state index contributed by atoms with van der Waals surface area (Å²) in [6, 6.07) is -1.54. The lowest BCUT2D eigenvalue weighted by Gasteiger charge is -2.13. The summed E-state index contributed by atoms with van der Waals surface area (Å²) >= 11 is 0. The molecule has 0 aromatic carbocycles. The molecule has 0 fully saturated rings. The van der Waals surface area contributed by atoms with Gasteiger partial charge in [-0.15, -0.1) is 0 Å². The molecule has 1 amide bonds. The van der Waals surface area contributed by atoms with Crippen molar-refractivity contribution in [3.8, 4) is 0 Å². The van der Waals surface area contributed by atoms with Gasteiger partial charge in [0.2, 0.25) is 5.91 Å². The van der Waals surface area contributed by atoms with Crippen molar-refractivity contribution in [2.24, 2.45) is 5.73 Å². The fraction of sp³-hybridized carbons (Fsp3) is 0.826. The molecule has 0 saturated carbocycles. The number of aliphatic carboxylic acids is 3. The van der Waals surface area contributed by atoms with E-state index in [2.05, 4.69) is 17.6 Å². The van der Waals surface area contributed by atoms with E-state index in [0.29, 0.717) is 13.0 Å². The number of rotatable bonds is 18. The molecule has 11 nitrogen and oxygen atoms in total. The average Bonchev–Trinajstić information content (AvgIpc) is 2.80. The van der Waals surface area contributed by atoms with Crippen molar-refractivity contribution in [3.05, 3.63) is 0 Å². The van der Waals surface area contributed by atoms with Crippen molar-refractivity contribution in [2.75, 3.05) is 20.2 Å². The third-order valence-electron chi connectivity index (χ3n) is 4.72. The molecule has 0 aromatic heterocycles. The lowest BCUT2D eigenvalue weighted by Crippen LogP contribution is -2.41. The van der Waals surface area contributed by atoms with Crippen LogP contribution in [-0.4, -0.2) is 76.5 Å². The standard InChI is InChI=1S/C17H31NO5.C4H9NO2.C2H7NO/c1-2-3-4-5-6-7-8-9-10-11-15(19)18-14(17(22)23)12-13-16(20)21;1-3(5-2)4(6)7;3-1-2-4/h14H,2-13H2,1H3,(H,18,19)(H,20,21)(H,22,23);3,5H,1-2H3,(H,6,7);4H,1-3H2. The number of likely N-dealkylation sites (N-methyl/N-ethyl adjacent to an activating group) is 1. The lowest BCUT2D eigenvalue weighted by atomic mass is 10.1. The molecule has 0 rings (SSSR count). The van der Waals surface area contributed by atoms with Crippen molar-refractivity contribution in [3.63, 3.8) is 0 Å². The Bertz CT molecular complexity index is 530. The largest absolute Gasteiger partial charge is 0.481 e. The number of nitrogens with two attached hydrogens (primary N) is 1. The maximum Gasteiger partial charge on any atom is 0.326 e. The summed E-state index contributed by atoms with van der Waals surface area (Å²) in [6.07, 6.45) is 10.3. The zero-order chi connectivity index (χ0) is 26.8. The fourth-order valence-corrected chi connectivity index (χ4v) is 2.51. The predicted octanol–water partition coefficient (Wildman–Crippen LogP) is 1.96. The first kappa shape index (κ1) is 36.3. The van der Waals surface area contributed by atoms with Crippen LogP contribution in [-0.2, 0) is 19.2 Å². The monoisotopic (exact) mass is 493 g/mol. The molecule has 0 aliphatic carbocycles. The van der Waals surface area contributed by atoms with E-state index in [1.54, 1.807) is 14.0 Å². The highest BCUT2D eigenvalue weighted by Gasteiger charge is 2.20. The molecule has 0 aliphatic rings. The number of hydrogen-bond acceptors (Lipinski definition) is 7. The molecule has 11 heteroatoms. The Morgan fingerprint density at radius 1 is 0.824 bits per heavy atom. The molecule has 0 radical (unpaired) electrons. The minimum atomic E-state index is -1.19. The Hall–Kier alpha value is -2.24. The third kappa shape index (κ3) is 29.8. The number of carbonyl (C=O) groups is 4. The molecule has 0 aromatic rings. The van der Waals surface area contributed by atoms with Crippen LogP contribution >= 0.6 is 0 Å². The van der Waals surface area contributed by atoms with Crippen molar-refractivity contribution >= 4 is 23.8 Å². The molecule has 2 atom stereocenters. The summed E-state index contributed by atoms with van der Waals surface area (Å²) in [7, 11) is 1.61. The van der Waals surface area contributed by atoms with Crippen LogP contribution in [0.3, 0.4) is 0 Å². The van der Waals surface area contributed by atoms with Crippen LogP contribution in [0.1, 0.15) is 90.9 Å². The van der Waals surface area contributed by atoms with Gasteiger partial charge in [0.15, 0.2) is 0 Å². The molecule has 8 N–H and O–H groups in total. The SMILES string of the molecule is CCCCCCCCCCCC(=O)NC(CCC(=O)O)C(=O)O.CNC(C)C(=O)O.NCCO. The maximum atomic E-state index is 11.7. The zero-order valence-corrected chi connectivity index (χ0v) is 21.1. The lowest BCUT2D eigenvalue weighted by molar-refractivity contribution is -0.143. The summed E-state index contributed by atoms with van der Waals surface area (Å²) in [4.78, 5) is 43.0. The number of unbranched alkanes of at least 4 members (excludes halogenated alkanes) is 8. The van der Waals surface area contributed by atoms with Crippen LogP contribution in [0.5, 0.6) is 0 Å². The molecule has 34 heavy (non-hydrogen) atoms. The van der Waals surface area contributed by atoms with Crippen molar-refractivity contribution in [1.29, 1.82) is 0 Å². The van der Waals surface area contributed by atoms with E-state index < -0.39 is 30.0 Å². The van der Waals surface area contributed by atoms with Gasteiger partial charge in [0.1, 0.15) is 12.1 Å². The number of hydrogen-bond donors (Lipinski definition) is 7. The number of nitrogens with one attached hydrogen (secondary N) is 2. The van der Waals surface area contributed by atoms with Gasteiger partial charge in [-0.1, -0.05) is 58.3 Å². The Morgan fingerprint density at radius 3 is 1.62 bits per heavy atom. The third-order valence-corrected chi connectivity index (χ3v) is 4.72. The van der Waals surface area contributed by atoms with Crippen LogP contribution in [0.15, 0.2) is 0 Å². The Labute approximate surface area is 203 Å². The molecule has 0 bridgehead atoms. The van der Waals surface area contributed by atoms with Gasteiger partial charge in [0.25, 0.3) is 0 Å². The van der Waals surface area contributed by atoms with E-state index in [9.17, 15) is 19.2 Å². The highest BCUT2D eigenvalue weighted by Crippen LogP contribution is 2.10. The van der Waals surface area contributed by atoms with Gasteiger partial charge in [-0.25, -0.2) is 4.79 Å². The molecule has 2 unspecified atom stereocenters. The van der Waals surface area contributed by atoms with Crippen molar-refractivity contribution in [1.82, 2.24) is 10.6 Å². The summed E-state index contributed by atoms with van der Waals surface area (Å²) in [5.41, 5.74) is 4.78. The number of aliphatic hydroxyl groups excluding tert-OH is 1. The van der Waals surface area contributed by atoms with Crippen LogP contribution in [0.4, 0.5) is 0 Å². The van der Waals surface area contributed by atoms with Gasteiger partial charge in [0.05, 0.1) is 6.61 Å². The van der Waals surface area contributed by atoms with E-state index in [-0.39, 0.29) is 25.4 Å². The van der Waals surface area contributed by atoms with E-state index in [1.807, 2.05) is 0 Å². The number of carbonyl (C=O) groups excluding carboxylic acids is 1. The molecule has 0 spiro atoms. The van der Waals surface area contributed by atoms with Gasteiger partial charge < -0.3 is 36.8 Å². The number of carboxylic acid groups (broad SMARTS) is 3. The summed E-state index contributed by atoms with van der Waals surface area (Å²) in [6.45, 7) is 4.25. The summed E-state index contributed by atoms with van der Waals surface area (Å²) in [5, 5.41) is 38.4. The second kappa shape index (κ2) is 27.0. The first-order valence-corrected chi connectivity index (χ1v) is 12.0. The molecule has 202 valence electrons. The number of aliphatic hydroxyl groups is 1. The topological polar surface area (TPSA) is 199 Å². The molecular weight excluding hydrogens is 446 g/mol. The van der Waals surface area contributed by atoms with Crippen LogP contribution in [0, 0.1) is 0 Å². The number of amides is 1. The molecule has 0 aliphatic heterocycles. The first-order chi connectivity index (χ1) is 16.1. The van der Waals surface area contributed by atoms with E-state index >= 15 is 0 Å². The Balaban J connectivity index is -0.000000720. The minimum Gasteiger partial charge on any atom is -0.481 e. The Kier molecular flexibility index (Phi) is 28.9. The normalized spacial score (nSPS) is 11.7. The minimum absolute atomic E-state index is 0.0891. The summed E-state index contributed by atoms with van der Waals surface area (Å²) < 4.78 is 0. The highest BCUT2D eigenvalue weighted by molar-refractivity contribution is 5.83. The van der Waals surface area contributed by atoms with E-state index in [4.69, 9.17) is 26.2 Å². The average molecular weight is 494 g/mol. The van der Waals surface area contributed by atoms with E-state index in [1.165, 1.54) is 38.5 Å². The van der Waals surface area contributed by atoms with Gasteiger partial charge in [-0.05, 0) is 26.8 Å². The molecular formula is C23H47N3O8. The van der Waals surface area contributed by atoms with Crippen molar-refractivity contribution < 1.29 is 39.6 Å². The van der Waals surface area contributed by atoms with Gasteiger partial charge in [-0.3, -0.25) is 14.4 Å². The Morgan fingerprint density at radius 2 is 1.29 bits per heavy atom. The van der Waals surface area contributed by atoms with Gasteiger partial charge >= 0.3 is 17.9 Å². The van der Waals surface area contributed by atoms with Gasteiger partial charge in [-0.2, -0.15) is 0 Å². The second-order valence-corrected chi connectivity index (χ2v) is 7.83. The fourth-order valence-electron chi connectivity index (χ4n) is 2.51. The second-order valence-electron chi connectivity index (χ2n) is 7.83. The van der Waals surface area contributed by atoms with Crippen LogP contribution < -0.4 is 16.4 Å². The molecule has 0 heterocycles. The smallest absolute Gasteiger partial charge is 0.326 e. The maximum absolute atomic E-state index is 11.7. The van der Waals surface area contributed by atoms with Crippen LogP contribution in [0.2, 0.25) is 0 Å². The quantitative estimate of drug-likeness (QED) is 0.138. The predicted molar refractivity (Wildman–Crippen MR) is 131 cm³/mol.